The smallest absolute Gasteiger partial charge is 0.257 e. The zero-order chi connectivity index (χ0) is 16.9. The highest BCUT2D eigenvalue weighted by atomic mass is 16.2. The fourth-order valence-corrected chi connectivity index (χ4v) is 2.56. The maximum Gasteiger partial charge on any atom is 0.257 e. The van der Waals surface area contributed by atoms with E-state index < -0.39 is 0 Å². The van der Waals surface area contributed by atoms with E-state index in [4.69, 9.17) is 0 Å². The van der Waals surface area contributed by atoms with Gasteiger partial charge in [-0.15, -0.1) is 0 Å². The molecule has 0 atom stereocenters. The molecule has 0 aliphatic carbocycles. The van der Waals surface area contributed by atoms with Crippen molar-refractivity contribution in [2.75, 3.05) is 31.5 Å². The van der Waals surface area contributed by atoms with Crippen LogP contribution in [-0.4, -0.2) is 57.8 Å². The van der Waals surface area contributed by atoms with Gasteiger partial charge in [0, 0.05) is 51.2 Å². The number of carbonyl (C=O) groups is 2. The Balaban J connectivity index is 1.61. The van der Waals surface area contributed by atoms with Crippen LogP contribution < -0.4 is 5.32 Å². The Labute approximate surface area is 140 Å². The van der Waals surface area contributed by atoms with Gasteiger partial charge < -0.3 is 15.1 Å². The number of hydrogen-bond donors (Lipinski definition) is 1. The molecule has 0 saturated carbocycles. The first-order chi connectivity index (χ1) is 11.6. The van der Waals surface area contributed by atoms with Gasteiger partial charge in [-0.1, -0.05) is 18.2 Å². The predicted molar refractivity (Wildman–Crippen MR) is 89.9 cm³/mol. The van der Waals surface area contributed by atoms with Crippen molar-refractivity contribution in [1.29, 1.82) is 0 Å². The minimum absolute atomic E-state index is 0.0433. The number of anilines is 2. The average molecular weight is 325 g/mol. The number of aromatic nitrogens is 2. The summed E-state index contributed by atoms with van der Waals surface area (Å²) in [6.45, 7) is 3.74. The van der Waals surface area contributed by atoms with Crippen molar-refractivity contribution in [3.63, 3.8) is 0 Å². The standard InChI is InChI=1S/C17H19N5O2/c1-13(23)21-7-9-22(10-8-21)16(24)14-11-18-17(19-12-14)20-15-5-3-2-4-6-15/h2-6,11-12H,7-10H2,1H3,(H,18,19,20). The number of nitrogens with zero attached hydrogens (tertiary/aromatic N) is 4. The maximum atomic E-state index is 12.5. The van der Waals surface area contributed by atoms with Crippen LogP contribution in [0.3, 0.4) is 0 Å². The number of hydrogen-bond acceptors (Lipinski definition) is 5. The summed E-state index contributed by atoms with van der Waals surface area (Å²) in [5, 5.41) is 3.08. The summed E-state index contributed by atoms with van der Waals surface area (Å²) in [5.74, 6) is 0.380. The summed E-state index contributed by atoms with van der Waals surface area (Å²) < 4.78 is 0. The lowest BCUT2D eigenvalue weighted by Crippen LogP contribution is -2.50. The summed E-state index contributed by atoms with van der Waals surface area (Å²) in [7, 11) is 0. The summed E-state index contributed by atoms with van der Waals surface area (Å²) in [4.78, 5) is 35.7. The van der Waals surface area contributed by atoms with E-state index in [-0.39, 0.29) is 11.8 Å². The van der Waals surface area contributed by atoms with Crippen LogP contribution in [0.4, 0.5) is 11.6 Å². The van der Waals surface area contributed by atoms with Crippen LogP contribution in [0, 0.1) is 0 Å². The highest BCUT2D eigenvalue weighted by Gasteiger charge is 2.23. The lowest BCUT2D eigenvalue weighted by atomic mass is 10.2. The molecule has 7 heteroatoms. The number of amides is 2. The predicted octanol–water partition coefficient (Wildman–Crippen LogP) is 1.52. The molecule has 1 aromatic heterocycles. The first kappa shape index (κ1) is 15.9. The minimum Gasteiger partial charge on any atom is -0.339 e. The highest BCUT2D eigenvalue weighted by Crippen LogP contribution is 2.13. The van der Waals surface area contributed by atoms with E-state index in [1.165, 1.54) is 12.4 Å². The van der Waals surface area contributed by atoms with Gasteiger partial charge >= 0.3 is 0 Å². The summed E-state index contributed by atoms with van der Waals surface area (Å²) >= 11 is 0. The Hall–Kier alpha value is -2.96. The molecule has 1 aromatic carbocycles. The number of piperazine rings is 1. The van der Waals surface area contributed by atoms with E-state index in [1.807, 2.05) is 30.3 Å². The summed E-state index contributed by atoms with van der Waals surface area (Å²) in [6.07, 6.45) is 3.05. The quantitative estimate of drug-likeness (QED) is 0.926. The lowest BCUT2D eigenvalue weighted by Gasteiger charge is -2.34. The molecule has 7 nitrogen and oxygen atoms in total. The molecule has 124 valence electrons. The van der Waals surface area contributed by atoms with Crippen LogP contribution in [0.25, 0.3) is 0 Å². The Morgan fingerprint density at radius 2 is 1.54 bits per heavy atom. The molecule has 3 rings (SSSR count). The van der Waals surface area contributed by atoms with Crippen LogP contribution >= 0.6 is 0 Å². The summed E-state index contributed by atoms with van der Waals surface area (Å²) in [5.41, 5.74) is 1.34. The molecule has 2 amide bonds. The first-order valence-corrected chi connectivity index (χ1v) is 7.82. The van der Waals surface area contributed by atoms with E-state index in [2.05, 4.69) is 15.3 Å². The van der Waals surface area contributed by atoms with Crippen molar-refractivity contribution >= 4 is 23.5 Å². The van der Waals surface area contributed by atoms with E-state index in [9.17, 15) is 9.59 Å². The molecule has 1 aliphatic heterocycles. The lowest BCUT2D eigenvalue weighted by molar-refractivity contribution is -0.130. The maximum absolute atomic E-state index is 12.5. The van der Waals surface area contributed by atoms with Crippen LogP contribution in [-0.2, 0) is 4.79 Å². The fraction of sp³-hybridized carbons (Fsp3) is 0.294. The Morgan fingerprint density at radius 3 is 2.12 bits per heavy atom. The van der Waals surface area contributed by atoms with Crippen LogP contribution in [0.15, 0.2) is 42.7 Å². The van der Waals surface area contributed by atoms with Crippen LogP contribution in [0.5, 0.6) is 0 Å². The van der Waals surface area contributed by atoms with Gasteiger partial charge in [0.05, 0.1) is 5.56 Å². The molecule has 0 spiro atoms. The van der Waals surface area contributed by atoms with Gasteiger partial charge in [-0.2, -0.15) is 0 Å². The van der Waals surface area contributed by atoms with Gasteiger partial charge in [0.15, 0.2) is 0 Å². The van der Waals surface area contributed by atoms with Gasteiger partial charge in [-0.25, -0.2) is 9.97 Å². The van der Waals surface area contributed by atoms with Crippen molar-refractivity contribution in [2.24, 2.45) is 0 Å². The molecule has 1 N–H and O–H groups in total. The highest BCUT2D eigenvalue weighted by molar-refractivity contribution is 5.94. The number of nitrogens with one attached hydrogen (secondary N) is 1. The largest absolute Gasteiger partial charge is 0.339 e. The van der Waals surface area contributed by atoms with Crippen molar-refractivity contribution in [3.05, 3.63) is 48.3 Å². The number of rotatable bonds is 3. The molecular weight excluding hydrogens is 306 g/mol. The Kier molecular flexibility index (Phi) is 4.69. The zero-order valence-corrected chi connectivity index (χ0v) is 13.5. The molecule has 24 heavy (non-hydrogen) atoms. The molecule has 0 unspecified atom stereocenters. The molecule has 0 radical (unpaired) electrons. The van der Waals surface area contributed by atoms with E-state index in [0.717, 1.165) is 5.69 Å². The van der Waals surface area contributed by atoms with Crippen LogP contribution in [0.1, 0.15) is 17.3 Å². The second-order valence-electron chi connectivity index (χ2n) is 5.58. The Morgan fingerprint density at radius 1 is 0.958 bits per heavy atom. The number of benzene rings is 1. The molecule has 0 bridgehead atoms. The molecule has 1 saturated heterocycles. The third kappa shape index (κ3) is 3.68. The van der Waals surface area contributed by atoms with Crippen molar-refractivity contribution < 1.29 is 9.59 Å². The fourth-order valence-electron chi connectivity index (χ4n) is 2.56. The second kappa shape index (κ2) is 7.08. The minimum atomic E-state index is -0.107. The second-order valence-corrected chi connectivity index (χ2v) is 5.58. The molecule has 1 fully saturated rings. The van der Waals surface area contributed by atoms with Gasteiger partial charge in [-0.05, 0) is 12.1 Å². The molecule has 2 heterocycles. The van der Waals surface area contributed by atoms with Gasteiger partial charge in [-0.3, -0.25) is 9.59 Å². The SMILES string of the molecule is CC(=O)N1CCN(C(=O)c2cnc(Nc3ccccc3)nc2)CC1. The van der Waals surface area contributed by atoms with E-state index in [0.29, 0.717) is 37.7 Å². The Bertz CT molecular complexity index is 710. The van der Waals surface area contributed by atoms with E-state index >= 15 is 0 Å². The van der Waals surface area contributed by atoms with Crippen molar-refractivity contribution in [2.45, 2.75) is 6.92 Å². The zero-order valence-electron chi connectivity index (χ0n) is 13.5. The van der Waals surface area contributed by atoms with Crippen molar-refractivity contribution in [1.82, 2.24) is 19.8 Å². The van der Waals surface area contributed by atoms with Gasteiger partial charge in [0.2, 0.25) is 11.9 Å². The molecular formula is C17H19N5O2. The molecule has 2 aromatic rings. The number of carbonyl (C=O) groups excluding carboxylic acids is 2. The third-order valence-electron chi connectivity index (χ3n) is 3.94. The van der Waals surface area contributed by atoms with Crippen LogP contribution in [0.2, 0.25) is 0 Å². The van der Waals surface area contributed by atoms with Gasteiger partial charge in [0.1, 0.15) is 0 Å². The molecule has 1 aliphatic rings. The number of para-hydroxylation sites is 1. The van der Waals surface area contributed by atoms with Crippen molar-refractivity contribution in [3.8, 4) is 0 Å². The topological polar surface area (TPSA) is 78.4 Å². The third-order valence-corrected chi connectivity index (χ3v) is 3.94. The van der Waals surface area contributed by atoms with E-state index in [1.54, 1.807) is 16.7 Å². The average Bonchev–Trinajstić information content (AvgIpc) is 2.63. The summed E-state index contributed by atoms with van der Waals surface area (Å²) in [6, 6.07) is 9.59. The van der Waals surface area contributed by atoms with Gasteiger partial charge in [0.25, 0.3) is 5.91 Å². The normalized spacial score (nSPS) is 14.4. The first-order valence-electron chi connectivity index (χ1n) is 7.82. The monoisotopic (exact) mass is 325 g/mol.